The predicted molar refractivity (Wildman–Crippen MR) is 65.1 cm³/mol. The van der Waals surface area contributed by atoms with Gasteiger partial charge in [-0.15, -0.1) is 0 Å². The van der Waals surface area contributed by atoms with Gasteiger partial charge in [0.15, 0.2) is 0 Å². The van der Waals surface area contributed by atoms with Gasteiger partial charge in [-0.1, -0.05) is 18.2 Å². The zero-order valence-electron chi connectivity index (χ0n) is 9.50. The largest absolute Gasteiger partial charge is 0.489 e. The second-order valence-electron chi connectivity index (χ2n) is 3.52. The molecule has 0 unspecified atom stereocenters. The van der Waals surface area contributed by atoms with Crippen molar-refractivity contribution in [1.82, 2.24) is 4.98 Å². The second-order valence-corrected chi connectivity index (χ2v) is 3.52. The number of nitrogens with zero attached hydrogens (tertiary/aromatic N) is 1. The Labute approximate surface area is 99.8 Å². The second kappa shape index (κ2) is 6.18. The van der Waals surface area contributed by atoms with Gasteiger partial charge in [0, 0.05) is 11.6 Å². The topological polar surface area (TPSA) is 51.6 Å². The van der Waals surface area contributed by atoms with Crippen LogP contribution in [0, 0.1) is 0 Å². The van der Waals surface area contributed by atoms with Crippen LogP contribution in [0.25, 0.3) is 10.9 Å². The Balaban J connectivity index is 1.98. The van der Waals surface area contributed by atoms with Crippen LogP contribution in [0.15, 0.2) is 36.5 Å². The Bertz CT molecular complexity index is 468. The molecule has 2 rings (SSSR count). The van der Waals surface area contributed by atoms with Crippen molar-refractivity contribution in [3.05, 3.63) is 36.5 Å². The third-order valence-corrected chi connectivity index (χ3v) is 2.32. The summed E-state index contributed by atoms with van der Waals surface area (Å²) in [5.41, 5.74) is 0.858. The van der Waals surface area contributed by atoms with Crippen molar-refractivity contribution in [3.63, 3.8) is 0 Å². The maximum Gasteiger partial charge on any atom is 0.145 e. The first-order chi connectivity index (χ1) is 8.42. The molecule has 0 bridgehead atoms. The summed E-state index contributed by atoms with van der Waals surface area (Å²) in [5.74, 6) is 0.760. The van der Waals surface area contributed by atoms with E-state index in [0.717, 1.165) is 16.7 Å². The molecule has 0 spiro atoms. The first kappa shape index (κ1) is 11.8. The van der Waals surface area contributed by atoms with E-state index >= 15 is 0 Å². The average Bonchev–Trinajstić information content (AvgIpc) is 2.39. The average molecular weight is 233 g/mol. The first-order valence-corrected chi connectivity index (χ1v) is 5.57. The number of aliphatic hydroxyl groups is 1. The lowest BCUT2D eigenvalue weighted by molar-refractivity contribution is 0.0708. The van der Waals surface area contributed by atoms with Gasteiger partial charge in [0.1, 0.15) is 17.9 Å². The van der Waals surface area contributed by atoms with Gasteiger partial charge in [0.25, 0.3) is 0 Å². The molecule has 1 aromatic carbocycles. The van der Waals surface area contributed by atoms with E-state index in [1.54, 1.807) is 6.20 Å². The highest BCUT2D eigenvalue weighted by molar-refractivity contribution is 5.84. The molecule has 1 N–H and O–H groups in total. The summed E-state index contributed by atoms with van der Waals surface area (Å²) < 4.78 is 10.7. The summed E-state index contributed by atoms with van der Waals surface area (Å²) in [6.07, 6.45) is 1.75. The van der Waals surface area contributed by atoms with Crippen molar-refractivity contribution < 1.29 is 14.6 Å². The zero-order valence-corrected chi connectivity index (χ0v) is 9.50. The Morgan fingerprint density at radius 2 is 1.94 bits per heavy atom. The maximum atomic E-state index is 8.55. The van der Waals surface area contributed by atoms with E-state index in [2.05, 4.69) is 4.98 Å². The van der Waals surface area contributed by atoms with Crippen molar-refractivity contribution in [1.29, 1.82) is 0 Å². The van der Waals surface area contributed by atoms with Crippen LogP contribution in [0.1, 0.15) is 0 Å². The lowest BCUT2D eigenvalue weighted by Crippen LogP contribution is -2.09. The van der Waals surface area contributed by atoms with Crippen molar-refractivity contribution >= 4 is 10.9 Å². The minimum Gasteiger partial charge on any atom is -0.489 e. The van der Waals surface area contributed by atoms with Crippen LogP contribution in [0.2, 0.25) is 0 Å². The molecule has 17 heavy (non-hydrogen) atoms. The standard InChI is InChI=1S/C13H15NO3/c15-7-8-16-9-10-17-12-5-1-3-11-4-2-6-14-13(11)12/h1-6,15H,7-10H2. The lowest BCUT2D eigenvalue weighted by atomic mass is 10.2. The smallest absolute Gasteiger partial charge is 0.145 e. The number of para-hydroxylation sites is 1. The highest BCUT2D eigenvalue weighted by Gasteiger charge is 2.01. The molecular formula is C13H15NO3. The number of fused-ring (bicyclic) bond motifs is 1. The Morgan fingerprint density at radius 3 is 2.82 bits per heavy atom. The van der Waals surface area contributed by atoms with Crippen LogP contribution < -0.4 is 4.74 Å². The normalized spacial score (nSPS) is 10.6. The molecule has 90 valence electrons. The molecule has 0 aliphatic heterocycles. The summed E-state index contributed by atoms with van der Waals surface area (Å²) in [5, 5.41) is 9.60. The van der Waals surface area contributed by atoms with E-state index in [9.17, 15) is 0 Å². The monoisotopic (exact) mass is 233 g/mol. The van der Waals surface area contributed by atoms with Crippen LogP contribution in [-0.2, 0) is 4.74 Å². The third-order valence-electron chi connectivity index (χ3n) is 2.32. The van der Waals surface area contributed by atoms with Gasteiger partial charge >= 0.3 is 0 Å². The van der Waals surface area contributed by atoms with Crippen molar-refractivity contribution in [3.8, 4) is 5.75 Å². The molecule has 0 fully saturated rings. The van der Waals surface area contributed by atoms with Crippen LogP contribution in [0.3, 0.4) is 0 Å². The highest BCUT2D eigenvalue weighted by Crippen LogP contribution is 2.22. The van der Waals surface area contributed by atoms with E-state index in [-0.39, 0.29) is 6.61 Å². The van der Waals surface area contributed by atoms with E-state index in [1.165, 1.54) is 0 Å². The first-order valence-electron chi connectivity index (χ1n) is 5.57. The number of aliphatic hydroxyl groups excluding tert-OH is 1. The minimum absolute atomic E-state index is 0.0375. The number of benzene rings is 1. The van der Waals surface area contributed by atoms with Crippen molar-refractivity contribution in [2.45, 2.75) is 0 Å². The molecule has 0 saturated heterocycles. The molecule has 0 radical (unpaired) electrons. The van der Waals surface area contributed by atoms with Crippen LogP contribution >= 0.6 is 0 Å². The number of hydrogen-bond acceptors (Lipinski definition) is 4. The molecule has 1 aromatic heterocycles. The zero-order chi connectivity index (χ0) is 11.9. The number of rotatable bonds is 6. The molecule has 0 atom stereocenters. The van der Waals surface area contributed by atoms with Gasteiger partial charge < -0.3 is 14.6 Å². The fraction of sp³-hybridized carbons (Fsp3) is 0.308. The Kier molecular flexibility index (Phi) is 4.30. The third kappa shape index (κ3) is 3.15. The van der Waals surface area contributed by atoms with Crippen LogP contribution in [0.4, 0.5) is 0 Å². The Hall–Kier alpha value is -1.65. The summed E-state index contributed by atoms with van der Waals surface area (Å²) >= 11 is 0. The van der Waals surface area contributed by atoms with Gasteiger partial charge in [0.2, 0.25) is 0 Å². The molecule has 1 heterocycles. The van der Waals surface area contributed by atoms with E-state index in [1.807, 2.05) is 30.3 Å². The van der Waals surface area contributed by atoms with Gasteiger partial charge in [-0.3, -0.25) is 4.98 Å². The molecular weight excluding hydrogens is 218 g/mol. The van der Waals surface area contributed by atoms with E-state index in [4.69, 9.17) is 14.6 Å². The fourth-order valence-electron chi connectivity index (χ4n) is 1.57. The summed E-state index contributed by atoms with van der Waals surface area (Å²) in [6.45, 7) is 1.30. The quantitative estimate of drug-likeness (QED) is 0.770. The Morgan fingerprint density at radius 1 is 1.06 bits per heavy atom. The minimum atomic E-state index is 0.0375. The molecule has 4 heteroatoms. The lowest BCUT2D eigenvalue weighted by Gasteiger charge is -2.08. The van der Waals surface area contributed by atoms with Crippen LogP contribution in [0.5, 0.6) is 5.75 Å². The van der Waals surface area contributed by atoms with Crippen LogP contribution in [-0.4, -0.2) is 36.5 Å². The number of ether oxygens (including phenoxy) is 2. The number of hydrogen-bond donors (Lipinski definition) is 1. The fourth-order valence-corrected chi connectivity index (χ4v) is 1.57. The highest BCUT2D eigenvalue weighted by atomic mass is 16.5. The molecule has 0 aliphatic rings. The molecule has 0 saturated carbocycles. The van der Waals surface area contributed by atoms with Gasteiger partial charge in [-0.2, -0.15) is 0 Å². The predicted octanol–water partition coefficient (Wildman–Crippen LogP) is 1.62. The van der Waals surface area contributed by atoms with Crippen molar-refractivity contribution in [2.75, 3.05) is 26.4 Å². The summed E-state index contributed by atoms with van der Waals surface area (Å²) in [7, 11) is 0. The van der Waals surface area contributed by atoms with Gasteiger partial charge in [0.05, 0.1) is 19.8 Å². The van der Waals surface area contributed by atoms with Gasteiger partial charge in [-0.25, -0.2) is 0 Å². The number of aromatic nitrogens is 1. The molecule has 4 nitrogen and oxygen atoms in total. The number of pyridine rings is 1. The van der Waals surface area contributed by atoms with Gasteiger partial charge in [-0.05, 0) is 12.1 Å². The SMILES string of the molecule is OCCOCCOc1cccc2cccnc12. The molecule has 0 aliphatic carbocycles. The summed E-state index contributed by atoms with van der Waals surface area (Å²) in [4.78, 5) is 4.29. The van der Waals surface area contributed by atoms with E-state index in [0.29, 0.717) is 19.8 Å². The van der Waals surface area contributed by atoms with E-state index < -0.39 is 0 Å². The molecule has 2 aromatic rings. The molecule has 0 amide bonds. The van der Waals surface area contributed by atoms with Crippen molar-refractivity contribution in [2.24, 2.45) is 0 Å². The maximum absolute atomic E-state index is 8.55. The summed E-state index contributed by atoms with van der Waals surface area (Å²) in [6, 6.07) is 9.72.